The summed E-state index contributed by atoms with van der Waals surface area (Å²) in [6.45, 7) is 3.33. The highest BCUT2D eigenvalue weighted by Gasteiger charge is 2.52. The molecule has 0 heterocycles. The van der Waals surface area contributed by atoms with Gasteiger partial charge in [-0.3, -0.25) is 14.4 Å². The zero-order valence-corrected chi connectivity index (χ0v) is 14.8. The second-order valence-electron chi connectivity index (χ2n) is 8.27. The molecule has 2 unspecified atom stereocenters. The Labute approximate surface area is 152 Å². The van der Waals surface area contributed by atoms with Crippen molar-refractivity contribution >= 4 is 17.5 Å². The first-order valence-corrected chi connectivity index (χ1v) is 8.59. The number of nitrogens with one attached hydrogen (secondary N) is 1. The fraction of sp³-hybridized carbons (Fsp3) is 0.824. The van der Waals surface area contributed by atoms with Crippen molar-refractivity contribution in [2.45, 2.75) is 64.3 Å². The van der Waals surface area contributed by atoms with Crippen molar-refractivity contribution in [3.63, 3.8) is 0 Å². The van der Waals surface area contributed by atoms with E-state index in [9.17, 15) is 40.7 Å². The molecule has 1 amide bonds. The van der Waals surface area contributed by atoms with Gasteiger partial charge in [-0.25, -0.2) is 0 Å². The lowest BCUT2D eigenvalue weighted by molar-refractivity contribution is -0.225. The Hall–Kier alpha value is -1.61. The molecule has 0 aromatic carbocycles. The third kappa shape index (κ3) is 5.22. The lowest BCUT2D eigenvalue weighted by Gasteiger charge is -2.38. The monoisotopic (exact) mass is 401 g/mol. The summed E-state index contributed by atoms with van der Waals surface area (Å²) in [4.78, 5) is 36.5. The van der Waals surface area contributed by atoms with E-state index in [1.54, 1.807) is 13.8 Å². The van der Waals surface area contributed by atoms with Crippen molar-refractivity contribution in [2.75, 3.05) is 0 Å². The Morgan fingerprint density at radius 2 is 1.30 bits per heavy atom. The molecule has 0 bridgehead atoms. The first-order valence-electron chi connectivity index (χ1n) is 8.59. The van der Waals surface area contributed by atoms with Crippen molar-refractivity contribution in [1.82, 2.24) is 5.32 Å². The molecule has 2 saturated carbocycles. The van der Waals surface area contributed by atoms with E-state index >= 15 is 0 Å². The highest BCUT2D eigenvalue weighted by Crippen LogP contribution is 2.45. The molecule has 0 aliphatic heterocycles. The van der Waals surface area contributed by atoms with Gasteiger partial charge in [0.05, 0.1) is 11.8 Å². The van der Waals surface area contributed by atoms with E-state index in [4.69, 9.17) is 0 Å². The maximum absolute atomic E-state index is 13.0. The van der Waals surface area contributed by atoms with E-state index < -0.39 is 78.3 Å². The molecule has 2 atom stereocenters. The molecule has 2 aliphatic rings. The van der Waals surface area contributed by atoms with Crippen LogP contribution in [0.3, 0.4) is 0 Å². The number of amides is 1. The third-order valence-electron chi connectivity index (χ3n) is 5.19. The zero-order valence-electron chi connectivity index (χ0n) is 14.8. The van der Waals surface area contributed by atoms with Crippen molar-refractivity contribution in [3.05, 3.63) is 0 Å². The molecule has 0 aromatic heterocycles. The SMILES string of the molecule is CC1(C)CC(=O)C(C(=O)NC2CC(C(F)(F)F)CC(C(F)(F)F)C2)C(=O)C1. The lowest BCUT2D eigenvalue weighted by atomic mass is 9.71. The van der Waals surface area contributed by atoms with Gasteiger partial charge in [-0.15, -0.1) is 0 Å². The van der Waals surface area contributed by atoms with Crippen LogP contribution in [0.5, 0.6) is 0 Å². The Morgan fingerprint density at radius 3 is 1.67 bits per heavy atom. The lowest BCUT2D eigenvalue weighted by Crippen LogP contribution is -2.52. The summed E-state index contributed by atoms with van der Waals surface area (Å²) in [6, 6.07) is -1.40. The van der Waals surface area contributed by atoms with Gasteiger partial charge in [-0.05, 0) is 24.7 Å². The van der Waals surface area contributed by atoms with E-state index in [1.165, 1.54) is 0 Å². The maximum Gasteiger partial charge on any atom is 0.391 e. The summed E-state index contributed by atoms with van der Waals surface area (Å²) in [6.07, 6.45) is -12.3. The Balaban J connectivity index is 2.13. The second-order valence-corrected chi connectivity index (χ2v) is 8.27. The number of hydrogen-bond acceptors (Lipinski definition) is 3. The fourth-order valence-corrected chi connectivity index (χ4v) is 3.94. The van der Waals surface area contributed by atoms with E-state index in [1.807, 2.05) is 0 Å². The fourth-order valence-electron chi connectivity index (χ4n) is 3.94. The van der Waals surface area contributed by atoms with Gasteiger partial charge in [0.2, 0.25) is 5.91 Å². The maximum atomic E-state index is 13.0. The Morgan fingerprint density at radius 1 is 0.889 bits per heavy atom. The number of alkyl halides is 6. The van der Waals surface area contributed by atoms with Gasteiger partial charge in [-0.1, -0.05) is 13.8 Å². The number of halogens is 6. The Bertz CT molecular complexity index is 583. The largest absolute Gasteiger partial charge is 0.391 e. The van der Waals surface area contributed by atoms with Crippen molar-refractivity contribution in [1.29, 1.82) is 0 Å². The minimum atomic E-state index is -4.83. The number of carbonyl (C=O) groups is 3. The molecule has 2 fully saturated rings. The van der Waals surface area contributed by atoms with Gasteiger partial charge in [0, 0.05) is 18.9 Å². The van der Waals surface area contributed by atoms with Crippen LogP contribution < -0.4 is 5.32 Å². The molecule has 4 nitrogen and oxygen atoms in total. The van der Waals surface area contributed by atoms with Gasteiger partial charge in [0.25, 0.3) is 0 Å². The van der Waals surface area contributed by atoms with Gasteiger partial charge in [-0.2, -0.15) is 26.3 Å². The summed E-state index contributed by atoms with van der Waals surface area (Å²) in [5, 5.41) is 2.10. The quantitative estimate of drug-likeness (QED) is 0.568. The van der Waals surface area contributed by atoms with Crippen LogP contribution in [0.25, 0.3) is 0 Å². The smallest absolute Gasteiger partial charge is 0.352 e. The molecular formula is C17H21F6NO3. The van der Waals surface area contributed by atoms with E-state index in [0.29, 0.717) is 0 Å². The van der Waals surface area contributed by atoms with Crippen LogP contribution in [0.15, 0.2) is 0 Å². The number of rotatable bonds is 2. The minimum Gasteiger partial charge on any atom is -0.352 e. The molecule has 0 radical (unpaired) electrons. The van der Waals surface area contributed by atoms with Crippen LogP contribution >= 0.6 is 0 Å². The predicted molar refractivity (Wildman–Crippen MR) is 81.4 cm³/mol. The van der Waals surface area contributed by atoms with Crippen molar-refractivity contribution < 1.29 is 40.7 Å². The summed E-state index contributed by atoms with van der Waals surface area (Å²) in [7, 11) is 0. The van der Waals surface area contributed by atoms with Crippen LogP contribution in [0, 0.1) is 23.2 Å². The molecule has 0 spiro atoms. The number of hydrogen-bond donors (Lipinski definition) is 1. The van der Waals surface area contributed by atoms with E-state index in [0.717, 1.165) is 0 Å². The van der Waals surface area contributed by atoms with Crippen LogP contribution in [-0.2, 0) is 14.4 Å². The first-order chi connectivity index (χ1) is 12.1. The number of Topliss-reactive ketones (excluding diaryl/α,β-unsaturated/α-hetero) is 2. The molecule has 1 N–H and O–H groups in total. The number of ketones is 2. The molecule has 0 aromatic rings. The molecule has 2 aliphatic carbocycles. The minimum absolute atomic E-state index is 0.0577. The molecule has 154 valence electrons. The average molecular weight is 401 g/mol. The normalized spacial score (nSPS) is 30.3. The van der Waals surface area contributed by atoms with Crippen LogP contribution in [-0.4, -0.2) is 35.9 Å². The zero-order chi connectivity index (χ0) is 20.8. The Kier molecular flexibility index (Phi) is 5.69. The van der Waals surface area contributed by atoms with Crippen molar-refractivity contribution in [3.8, 4) is 0 Å². The highest BCUT2D eigenvalue weighted by molar-refractivity contribution is 6.20. The van der Waals surface area contributed by atoms with Crippen LogP contribution in [0.1, 0.15) is 46.0 Å². The summed E-state index contributed by atoms with van der Waals surface area (Å²) >= 11 is 0. The van der Waals surface area contributed by atoms with E-state index in [2.05, 4.69) is 5.32 Å². The van der Waals surface area contributed by atoms with Gasteiger partial charge < -0.3 is 5.32 Å². The number of carbonyl (C=O) groups excluding carboxylic acids is 3. The standard InChI is InChI=1S/C17H21F6NO3/c1-15(2)6-11(25)13(12(26)7-15)14(27)24-10-4-8(16(18,19)20)3-9(5-10)17(21,22)23/h8-10,13H,3-7H2,1-2H3,(H,24,27). The molecule has 2 rings (SSSR count). The van der Waals surface area contributed by atoms with E-state index in [-0.39, 0.29) is 12.8 Å². The first kappa shape index (κ1) is 21.7. The topological polar surface area (TPSA) is 63.2 Å². The summed E-state index contributed by atoms with van der Waals surface area (Å²) < 4.78 is 77.9. The molecular weight excluding hydrogens is 380 g/mol. The second kappa shape index (κ2) is 7.09. The van der Waals surface area contributed by atoms with Gasteiger partial charge in [0.15, 0.2) is 17.5 Å². The molecule has 0 saturated heterocycles. The average Bonchev–Trinajstić information content (AvgIpc) is 2.42. The summed E-state index contributed by atoms with van der Waals surface area (Å²) in [5.74, 6) is -8.50. The van der Waals surface area contributed by atoms with Crippen LogP contribution in [0.4, 0.5) is 26.3 Å². The van der Waals surface area contributed by atoms with Crippen LogP contribution in [0.2, 0.25) is 0 Å². The predicted octanol–water partition coefficient (Wildman–Crippen LogP) is 3.59. The van der Waals surface area contributed by atoms with Gasteiger partial charge in [0.1, 0.15) is 0 Å². The third-order valence-corrected chi connectivity index (χ3v) is 5.19. The molecule has 27 heavy (non-hydrogen) atoms. The molecule has 10 heteroatoms. The van der Waals surface area contributed by atoms with Gasteiger partial charge >= 0.3 is 12.4 Å². The highest BCUT2D eigenvalue weighted by atomic mass is 19.4. The summed E-state index contributed by atoms with van der Waals surface area (Å²) in [5.41, 5.74) is -0.626. The van der Waals surface area contributed by atoms with Crippen molar-refractivity contribution in [2.24, 2.45) is 23.2 Å².